The predicted molar refractivity (Wildman–Crippen MR) is 47.8 cm³/mol. The number of nitrogens with two attached hydrogens (primary N) is 1. The molecule has 0 spiro atoms. The van der Waals surface area contributed by atoms with Crippen LogP contribution < -0.4 is 5.73 Å². The van der Waals surface area contributed by atoms with E-state index in [-0.39, 0.29) is 12.6 Å². The molecule has 0 unspecified atom stereocenters. The summed E-state index contributed by atoms with van der Waals surface area (Å²) in [6.45, 7) is 0.0983. The largest absolute Gasteiger partial charge is 0.395 e. The van der Waals surface area contributed by atoms with Crippen LogP contribution in [0, 0.1) is 5.92 Å². The summed E-state index contributed by atoms with van der Waals surface area (Å²) >= 11 is 0. The molecule has 0 aromatic carbocycles. The molecule has 0 aromatic rings. The average Bonchev–Trinajstić information content (AvgIpc) is 2.17. The fourth-order valence-corrected chi connectivity index (χ4v) is 1.93. The Morgan fingerprint density at radius 1 is 1.58 bits per heavy atom. The van der Waals surface area contributed by atoms with Gasteiger partial charge in [-0.3, -0.25) is 0 Å². The number of hydrogen-bond acceptors (Lipinski definition) is 3. The van der Waals surface area contributed by atoms with Crippen molar-refractivity contribution in [1.29, 1.82) is 0 Å². The van der Waals surface area contributed by atoms with Gasteiger partial charge in [-0.2, -0.15) is 0 Å². The van der Waals surface area contributed by atoms with E-state index < -0.39 is 0 Å². The Bertz CT molecular complexity index is 128. The van der Waals surface area contributed by atoms with Crippen LogP contribution in [0.3, 0.4) is 0 Å². The molecular weight excluding hydrogens is 154 g/mol. The number of aliphatic hydroxyl groups excluding tert-OH is 1. The van der Waals surface area contributed by atoms with E-state index in [0.717, 1.165) is 19.3 Å². The summed E-state index contributed by atoms with van der Waals surface area (Å²) in [4.78, 5) is 0. The minimum absolute atomic E-state index is 0.0528. The van der Waals surface area contributed by atoms with Gasteiger partial charge in [0.25, 0.3) is 0 Å². The molecule has 3 N–H and O–H groups in total. The number of aliphatic hydroxyl groups is 1. The van der Waals surface area contributed by atoms with E-state index in [0.29, 0.717) is 12.0 Å². The molecule has 0 aromatic heterocycles. The van der Waals surface area contributed by atoms with Crippen molar-refractivity contribution in [2.45, 2.75) is 37.8 Å². The summed E-state index contributed by atoms with van der Waals surface area (Å²) in [6, 6.07) is -0.0528. The van der Waals surface area contributed by atoms with E-state index >= 15 is 0 Å². The minimum atomic E-state index is -0.0528. The molecule has 0 bridgehead atoms. The van der Waals surface area contributed by atoms with Crippen LogP contribution in [0.15, 0.2) is 0 Å². The summed E-state index contributed by atoms with van der Waals surface area (Å²) < 4.78 is 5.28. The smallest absolute Gasteiger partial charge is 0.0585 e. The van der Waals surface area contributed by atoms with Gasteiger partial charge in [0.05, 0.1) is 12.7 Å². The van der Waals surface area contributed by atoms with Crippen LogP contribution >= 0.6 is 0 Å². The van der Waals surface area contributed by atoms with Gasteiger partial charge in [0.1, 0.15) is 0 Å². The first kappa shape index (κ1) is 9.96. The number of hydrogen-bond donors (Lipinski definition) is 2. The first-order chi connectivity index (χ1) is 5.77. The highest BCUT2D eigenvalue weighted by Gasteiger charge is 2.25. The topological polar surface area (TPSA) is 55.5 Å². The van der Waals surface area contributed by atoms with E-state index in [9.17, 15) is 0 Å². The highest BCUT2D eigenvalue weighted by atomic mass is 16.5. The highest BCUT2D eigenvalue weighted by Crippen LogP contribution is 2.27. The molecule has 3 atom stereocenters. The van der Waals surface area contributed by atoms with Crippen molar-refractivity contribution in [2.75, 3.05) is 13.7 Å². The zero-order valence-corrected chi connectivity index (χ0v) is 7.70. The third-order valence-electron chi connectivity index (χ3n) is 2.82. The summed E-state index contributed by atoms with van der Waals surface area (Å²) in [7, 11) is 1.75. The second-order valence-corrected chi connectivity index (χ2v) is 3.63. The van der Waals surface area contributed by atoms with Gasteiger partial charge >= 0.3 is 0 Å². The predicted octanol–water partition coefficient (Wildman–Crippen LogP) is 0.511. The van der Waals surface area contributed by atoms with Gasteiger partial charge in [0.2, 0.25) is 0 Å². The lowest BCUT2D eigenvalue weighted by molar-refractivity contribution is 0.0399. The Morgan fingerprint density at radius 3 is 2.92 bits per heavy atom. The second kappa shape index (κ2) is 4.80. The van der Waals surface area contributed by atoms with Crippen molar-refractivity contribution < 1.29 is 9.84 Å². The van der Waals surface area contributed by atoms with Crippen LogP contribution in [0.5, 0.6) is 0 Å². The molecule has 1 aliphatic carbocycles. The Balaban J connectivity index is 2.34. The zero-order valence-electron chi connectivity index (χ0n) is 7.70. The normalized spacial score (nSPS) is 33.2. The summed E-state index contributed by atoms with van der Waals surface area (Å²) in [5.74, 6) is 0.452. The number of rotatable bonds is 3. The van der Waals surface area contributed by atoms with Crippen LogP contribution in [0.25, 0.3) is 0 Å². The molecule has 0 radical (unpaired) electrons. The first-order valence-corrected chi connectivity index (χ1v) is 4.67. The number of ether oxygens (including phenoxy) is 1. The third-order valence-corrected chi connectivity index (χ3v) is 2.82. The molecule has 0 heterocycles. The molecule has 72 valence electrons. The minimum Gasteiger partial charge on any atom is -0.395 e. The molecule has 1 aliphatic rings. The molecule has 0 amide bonds. The fourth-order valence-electron chi connectivity index (χ4n) is 1.93. The van der Waals surface area contributed by atoms with E-state index in [1.807, 2.05) is 0 Å². The second-order valence-electron chi connectivity index (χ2n) is 3.63. The average molecular weight is 173 g/mol. The monoisotopic (exact) mass is 173 g/mol. The summed E-state index contributed by atoms with van der Waals surface area (Å²) in [5.41, 5.74) is 5.76. The Kier molecular flexibility index (Phi) is 3.98. The molecule has 3 heteroatoms. The summed E-state index contributed by atoms with van der Waals surface area (Å²) in [6.07, 6.45) is 4.84. The third kappa shape index (κ3) is 2.44. The van der Waals surface area contributed by atoms with Crippen LogP contribution in [-0.4, -0.2) is 31.0 Å². The Hall–Kier alpha value is -0.120. The van der Waals surface area contributed by atoms with Crippen molar-refractivity contribution in [2.24, 2.45) is 11.7 Å². The number of methoxy groups -OCH3 is 1. The van der Waals surface area contributed by atoms with E-state index in [4.69, 9.17) is 15.6 Å². The van der Waals surface area contributed by atoms with Gasteiger partial charge in [0.15, 0.2) is 0 Å². The molecule has 1 fully saturated rings. The summed E-state index contributed by atoms with van der Waals surface area (Å²) in [5, 5.41) is 8.88. The van der Waals surface area contributed by atoms with Crippen molar-refractivity contribution in [1.82, 2.24) is 0 Å². The molecule has 3 nitrogen and oxygen atoms in total. The van der Waals surface area contributed by atoms with Gasteiger partial charge in [-0.25, -0.2) is 0 Å². The van der Waals surface area contributed by atoms with Crippen LogP contribution in [0.1, 0.15) is 25.7 Å². The maximum atomic E-state index is 8.88. The van der Waals surface area contributed by atoms with E-state index in [1.165, 1.54) is 6.42 Å². The van der Waals surface area contributed by atoms with Gasteiger partial charge in [0, 0.05) is 13.2 Å². The van der Waals surface area contributed by atoms with Gasteiger partial charge in [-0.05, 0) is 25.2 Å². The highest BCUT2D eigenvalue weighted by molar-refractivity contribution is 4.80. The van der Waals surface area contributed by atoms with Crippen molar-refractivity contribution in [3.05, 3.63) is 0 Å². The van der Waals surface area contributed by atoms with Gasteiger partial charge in [-0.15, -0.1) is 0 Å². The fraction of sp³-hybridized carbons (Fsp3) is 1.00. The van der Waals surface area contributed by atoms with Gasteiger partial charge < -0.3 is 15.6 Å². The quantitative estimate of drug-likeness (QED) is 0.654. The van der Waals surface area contributed by atoms with Crippen LogP contribution in [-0.2, 0) is 4.74 Å². The molecule has 12 heavy (non-hydrogen) atoms. The van der Waals surface area contributed by atoms with E-state index in [1.54, 1.807) is 7.11 Å². The molecule has 0 aliphatic heterocycles. The first-order valence-electron chi connectivity index (χ1n) is 4.67. The Morgan fingerprint density at radius 2 is 2.33 bits per heavy atom. The van der Waals surface area contributed by atoms with Gasteiger partial charge in [-0.1, -0.05) is 6.42 Å². The maximum absolute atomic E-state index is 8.88. The lowest BCUT2D eigenvalue weighted by atomic mass is 9.83. The van der Waals surface area contributed by atoms with Crippen LogP contribution in [0.4, 0.5) is 0 Å². The molecule has 1 rings (SSSR count). The van der Waals surface area contributed by atoms with Crippen molar-refractivity contribution in [3.8, 4) is 0 Å². The molecule has 0 saturated heterocycles. The molecular formula is C9H19NO2. The lowest BCUT2D eigenvalue weighted by Gasteiger charge is -2.31. The Labute approximate surface area is 73.9 Å². The van der Waals surface area contributed by atoms with Crippen molar-refractivity contribution >= 4 is 0 Å². The maximum Gasteiger partial charge on any atom is 0.0585 e. The van der Waals surface area contributed by atoms with Crippen LogP contribution in [0.2, 0.25) is 0 Å². The lowest BCUT2D eigenvalue weighted by Crippen LogP contribution is -2.38. The standard InChI is InChI=1S/C9H19NO2/c1-12-8-4-2-3-7(5-8)9(10)6-11/h7-9,11H,2-6,10H2,1H3/t7-,8+,9-/m0/s1. The molecule has 1 saturated carbocycles. The SMILES string of the molecule is CO[C@@H]1CCC[C@H]([C@@H](N)CO)C1. The van der Waals surface area contributed by atoms with E-state index in [2.05, 4.69) is 0 Å². The van der Waals surface area contributed by atoms with Crippen molar-refractivity contribution in [3.63, 3.8) is 0 Å². The zero-order chi connectivity index (χ0) is 8.97.